The first-order valence-corrected chi connectivity index (χ1v) is 7.32. The highest BCUT2D eigenvalue weighted by Gasteiger charge is 2.29. The molecule has 0 spiro atoms. The van der Waals surface area contributed by atoms with E-state index >= 15 is 0 Å². The summed E-state index contributed by atoms with van der Waals surface area (Å²) >= 11 is 7.47. The van der Waals surface area contributed by atoms with Crippen LogP contribution in [0.5, 0.6) is 0 Å². The van der Waals surface area contributed by atoms with Crippen molar-refractivity contribution in [2.45, 2.75) is 38.8 Å². The molecule has 2 atom stereocenters. The molecule has 0 aliphatic carbocycles. The number of halogens is 1. The van der Waals surface area contributed by atoms with Crippen molar-refractivity contribution < 1.29 is 4.74 Å². The molecule has 0 saturated carbocycles. The molecule has 2 unspecified atom stereocenters. The van der Waals surface area contributed by atoms with Crippen LogP contribution in [0.3, 0.4) is 0 Å². The Kier molecular flexibility index (Phi) is 4.79. The van der Waals surface area contributed by atoms with Crippen LogP contribution in [-0.4, -0.2) is 24.2 Å². The number of nitrogens with one attached hydrogen (secondary N) is 1. The molecule has 1 fully saturated rings. The van der Waals surface area contributed by atoms with E-state index in [1.54, 1.807) is 6.20 Å². The van der Waals surface area contributed by atoms with Crippen molar-refractivity contribution >= 4 is 22.9 Å². The molecule has 2 rings (SSSR count). The van der Waals surface area contributed by atoms with Crippen LogP contribution >= 0.6 is 22.9 Å². The van der Waals surface area contributed by atoms with Crippen LogP contribution in [0.15, 0.2) is 6.20 Å². The Morgan fingerprint density at radius 2 is 2.47 bits per heavy atom. The zero-order valence-corrected chi connectivity index (χ0v) is 11.9. The fraction of sp³-hybridized carbons (Fsp3) is 0.750. The fourth-order valence-corrected chi connectivity index (χ4v) is 3.18. The van der Waals surface area contributed by atoms with Gasteiger partial charge in [0, 0.05) is 25.1 Å². The summed E-state index contributed by atoms with van der Waals surface area (Å²) in [6, 6.07) is 0.512. The molecule has 1 aliphatic heterocycles. The first kappa shape index (κ1) is 13.3. The lowest BCUT2D eigenvalue weighted by Gasteiger charge is -2.31. The van der Waals surface area contributed by atoms with Gasteiger partial charge in [-0.05, 0) is 12.8 Å². The van der Waals surface area contributed by atoms with Gasteiger partial charge in [-0.25, -0.2) is 4.98 Å². The highest BCUT2D eigenvalue weighted by Crippen LogP contribution is 2.36. The number of rotatable bonds is 4. The highest BCUT2D eigenvalue weighted by atomic mass is 35.5. The second-order valence-electron chi connectivity index (χ2n) is 4.76. The highest BCUT2D eigenvalue weighted by molar-refractivity contribution is 7.15. The molecule has 5 heteroatoms. The average Bonchev–Trinajstić information content (AvgIpc) is 2.73. The van der Waals surface area contributed by atoms with Gasteiger partial charge in [0.25, 0.3) is 0 Å². The zero-order valence-electron chi connectivity index (χ0n) is 10.3. The lowest BCUT2D eigenvalue weighted by molar-refractivity contribution is -0.0283. The molecule has 0 aromatic carbocycles. The minimum absolute atomic E-state index is 0.118. The molecular formula is C12H19ClN2OS. The van der Waals surface area contributed by atoms with Crippen LogP contribution < -0.4 is 5.32 Å². The molecule has 1 aromatic rings. The fourth-order valence-electron chi connectivity index (χ4n) is 2.11. The van der Waals surface area contributed by atoms with Gasteiger partial charge < -0.3 is 10.1 Å². The molecule has 2 heterocycles. The van der Waals surface area contributed by atoms with Crippen molar-refractivity contribution in [2.24, 2.45) is 5.92 Å². The van der Waals surface area contributed by atoms with Crippen LogP contribution in [0.25, 0.3) is 0 Å². The Morgan fingerprint density at radius 3 is 3.12 bits per heavy atom. The van der Waals surface area contributed by atoms with E-state index in [4.69, 9.17) is 16.3 Å². The van der Waals surface area contributed by atoms with E-state index in [-0.39, 0.29) is 6.10 Å². The van der Waals surface area contributed by atoms with Gasteiger partial charge in [0.2, 0.25) is 0 Å². The number of hydrogen-bond acceptors (Lipinski definition) is 4. The normalized spacial score (nSPS) is 25.4. The van der Waals surface area contributed by atoms with Crippen LogP contribution in [0, 0.1) is 5.92 Å². The number of hydrogen-bond donors (Lipinski definition) is 1. The molecule has 1 aliphatic rings. The molecule has 17 heavy (non-hydrogen) atoms. The molecule has 0 radical (unpaired) electrons. The van der Waals surface area contributed by atoms with Gasteiger partial charge in [-0.15, -0.1) is 11.3 Å². The Balaban J connectivity index is 2.01. The maximum absolute atomic E-state index is 5.94. The standard InChI is InChI=1S/C12H19ClN2OS/c1-8(2)14-6-9-4-3-5-16-11(9)12-15-7-10(13)17-12/h7-9,11,14H,3-6H2,1-2H3. The smallest absolute Gasteiger partial charge is 0.123 e. The van der Waals surface area contributed by atoms with Crippen LogP contribution in [0.2, 0.25) is 4.34 Å². The van der Waals surface area contributed by atoms with Crippen LogP contribution in [-0.2, 0) is 4.74 Å². The van der Waals surface area contributed by atoms with Crippen molar-refractivity contribution in [3.8, 4) is 0 Å². The van der Waals surface area contributed by atoms with E-state index < -0.39 is 0 Å². The minimum atomic E-state index is 0.118. The van der Waals surface area contributed by atoms with Crippen molar-refractivity contribution in [3.05, 3.63) is 15.5 Å². The Morgan fingerprint density at radius 1 is 1.65 bits per heavy atom. The van der Waals surface area contributed by atoms with Gasteiger partial charge in [-0.1, -0.05) is 25.4 Å². The van der Waals surface area contributed by atoms with Gasteiger partial charge in [-0.3, -0.25) is 0 Å². The minimum Gasteiger partial charge on any atom is -0.371 e. The molecule has 3 nitrogen and oxygen atoms in total. The van der Waals surface area contributed by atoms with E-state index in [1.165, 1.54) is 17.8 Å². The number of thiazole rings is 1. The molecule has 1 saturated heterocycles. The van der Waals surface area contributed by atoms with E-state index in [0.717, 1.165) is 28.9 Å². The summed E-state index contributed by atoms with van der Waals surface area (Å²) in [4.78, 5) is 4.35. The van der Waals surface area contributed by atoms with Crippen molar-refractivity contribution in [1.82, 2.24) is 10.3 Å². The molecule has 1 aromatic heterocycles. The van der Waals surface area contributed by atoms with Crippen molar-refractivity contribution in [1.29, 1.82) is 0 Å². The number of aromatic nitrogens is 1. The lowest BCUT2D eigenvalue weighted by Crippen LogP contribution is -2.35. The molecule has 1 N–H and O–H groups in total. The van der Waals surface area contributed by atoms with Crippen LogP contribution in [0.1, 0.15) is 37.8 Å². The first-order chi connectivity index (χ1) is 8.16. The quantitative estimate of drug-likeness (QED) is 0.915. The Bertz CT molecular complexity index is 356. The molecule has 0 bridgehead atoms. The van der Waals surface area contributed by atoms with E-state index in [1.807, 2.05) is 0 Å². The van der Waals surface area contributed by atoms with Crippen LogP contribution in [0.4, 0.5) is 0 Å². The summed E-state index contributed by atoms with van der Waals surface area (Å²) in [5, 5.41) is 4.50. The van der Waals surface area contributed by atoms with Gasteiger partial charge in [-0.2, -0.15) is 0 Å². The predicted octanol–water partition coefficient (Wildman–Crippen LogP) is 3.26. The summed E-state index contributed by atoms with van der Waals surface area (Å²) in [7, 11) is 0. The van der Waals surface area contributed by atoms with Gasteiger partial charge in [0.1, 0.15) is 15.4 Å². The summed E-state index contributed by atoms with van der Waals surface area (Å²) < 4.78 is 6.61. The monoisotopic (exact) mass is 274 g/mol. The first-order valence-electron chi connectivity index (χ1n) is 6.13. The van der Waals surface area contributed by atoms with Gasteiger partial charge in [0.05, 0.1) is 6.20 Å². The molecule has 0 amide bonds. The summed E-state index contributed by atoms with van der Waals surface area (Å²) in [5.41, 5.74) is 0. The zero-order chi connectivity index (χ0) is 12.3. The van der Waals surface area contributed by atoms with Gasteiger partial charge >= 0.3 is 0 Å². The largest absolute Gasteiger partial charge is 0.371 e. The molecular weight excluding hydrogens is 256 g/mol. The maximum Gasteiger partial charge on any atom is 0.123 e. The number of ether oxygens (including phenoxy) is 1. The second-order valence-corrected chi connectivity index (χ2v) is 6.45. The third-order valence-electron chi connectivity index (χ3n) is 2.97. The van der Waals surface area contributed by atoms with Gasteiger partial charge in [0.15, 0.2) is 0 Å². The van der Waals surface area contributed by atoms with Crippen molar-refractivity contribution in [3.63, 3.8) is 0 Å². The summed E-state index contributed by atoms with van der Waals surface area (Å²) in [6.07, 6.45) is 4.17. The Hall–Kier alpha value is -0.160. The summed E-state index contributed by atoms with van der Waals surface area (Å²) in [5.74, 6) is 0.508. The topological polar surface area (TPSA) is 34.1 Å². The average molecular weight is 275 g/mol. The SMILES string of the molecule is CC(C)NCC1CCCOC1c1ncc(Cl)s1. The lowest BCUT2D eigenvalue weighted by atomic mass is 9.94. The third kappa shape index (κ3) is 3.65. The van der Waals surface area contributed by atoms with Crippen molar-refractivity contribution in [2.75, 3.05) is 13.2 Å². The Labute approximate surface area is 112 Å². The van der Waals surface area contributed by atoms with E-state index in [9.17, 15) is 0 Å². The maximum atomic E-state index is 5.94. The summed E-state index contributed by atoms with van der Waals surface area (Å²) in [6.45, 7) is 6.15. The predicted molar refractivity (Wildman–Crippen MR) is 71.7 cm³/mol. The van der Waals surface area contributed by atoms with E-state index in [0.29, 0.717) is 12.0 Å². The number of nitrogens with zero attached hydrogens (tertiary/aromatic N) is 1. The van der Waals surface area contributed by atoms with E-state index in [2.05, 4.69) is 24.1 Å². The second kappa shape index (κ2) is 6.14. The molecule has 96 valence electrons. The third-order valence-corrected chi connectivity index (χ3v) is 4.15.